The predicted octanol–water partition coefficient (Wildman–Crippen LogP) is 3.07. The van der Waals surface area contributed by atoms with Gasteiger partial charge in [0, 0.05) is 12.6 Å². The third kappa shape index (κ3) is 7.09. The quantitative estimate of drug-likeness (QED) is 0.652. The van der Waals surface area contributed by atoms with Gasteiger partial charge in [-0.05, 0) is 31.9 Å². The first kappa shape index (κ1) is 17.4. The van der Waals surface area contributed by atoms with E-state index < -0.39 is 5.97 Å². The monoisotopic (exact) mass is 297 g/mol. The van der Waals surface area contributed by atoms with Crippen molar-refractivity contribution in [3.63, 3.8) is 0 Å². The molecule has 0 aliphatic rings. The second-order valence-corrected chi connectivity index (χ2v) is 5.30. The number of halogens is 1. The minimum Gasteiger partial charge on any atom is -0.489 e. The number of carbonyl (C=O) groups is 1. The van der Waals surface area contributed by atoms with Crippen LogP contribution in [0.15, 0.2) is 24.3 Å². The van der Waals surface area contributed by atoms with Gasteiger partial charge in [-0.15, -0.1) is 0 Å². The molecule has 0 fully saturated rings. The lowest BCUT2D eigenvalue weighted by Gasteiger charge is -2.15. The van der Waals surface area contributed by atoms with Gasteiger partial charge in [-0.2, -0.15) is 0 Å². The van der Waals surface area contributed by atoms with E-state index in [1.807, 2.05) is 0 Å². The Balaban J connectivity index is 2.10. The van der Waals surface area contributed by atoms with E-state index in [1.54, 1.807) is 25.1 Å². The average Bonchev–Trinajstić information content (AvgIpc) is 2.45. The molecule has 0 bridgehead atoms. The lowest BCUT2D eigenvalue weighted by Crippen LogP contribution is -2.30. The van der Waals surface area contributed by atoms with Crippen LogP contribution in [0.3, 0.4) is 0 Å². The molecule has 0 spiro atoms. The van der Waals surface area contributed by atoms with Gasteiger partial charge in [-0.3, -0.25) is 4.79 Å². The summed E-state index contributed by atoms with van der Waals surface area (Å²) in [4.78, 5) is 10.7. The minimum absolute atomic E-state index is 0.266. The number of para-hydroxylation sites is 1. The highest BCUT2D eigenvalue weighted by molar-refractivity contribution is 5.69. The van der Waals surface area contributed by atoms with Crippen molar-refractivity contribution in [2.24, 2.45) is 5.92 Å². The van der Waals surface area contributed by atoms with Crippen LogP contribution in [-0.2, 0) is 4.79 Å². The van der Waals surface area contributed by atoms with Crippen LogP contribution in [0.2, 0.25) is 0 Å². The summed E-state index contributed by atoms with van der Waals surface area (Å²) in [7, 11) is 0. The van der Waals surface area contributed by atoms with Gasteiger partial charge in [-0.25, -0.2) is 4.39 Å². The molecule has 1 aromatic carbocycles. The molecule has 1 rings (SSSR count). The number of aliphatic carboxylic acids is 1. The Labute approximate surface area is 125 Å². The summed E-state index contributed by atoms with van der Waals surface area (Å²) in [5.41, 5.74) is 0. The number of nitrogens with one attached hydrogen (secondary N) is 1. The topological polar surface area (TPSA) is 58.6 Å². The summed E-state index contributed by atoms with van der Waals surface area (Å²) in [5, 5.41) is 12.1. The summed E-state index contributed by atoms with van der Waals surface area (Å²) < 4.78 is 18.6. The lowest BCUT2D eigenvalue weighted by molar-refractivity contribution is -0.141. The Kier molecular flexibility index (Phi) is 7.75. The zero-order valence-electron chi connectivity index (χ0n) is 12.6. The Hall–Kier alpha value is -1.62. The van der Waals surface area contributed by atoms with Crippen molar-refractivity contribution in [2.75, 3.05) is 13.2 Å². The molecule has 0 saturated carbocycles. The first-order chi connectivity index (χ1) is 10.0. The third-order valence-electron chi connectivity index (χ3n) is 3.38. The Bertz CT molecular complexity index is 439. The molecule has 0 radical (unpaired) electrons. The first-order valence-corrected chi connectivity index (χ1v) is 7.34. The standard InChI is InChI=1S/C16H24FNO3/c1-12(16(19)20)6-5-7-13(2)18-10-11-21-15-9-4-3-8-14(15)17/h3-4,8-9,12-13,18H,5-7,10-11H2,1-2H3,(H,19,20). The summed E-state index contributed by atoms with van der Waals surface area (Å²) in [6, 6.07) is 6.62. The van der Waals surface area contributed by atoms with Gasteiger partial charge in [0.05, 0.1) is 5.92 Å². The highest BCUT2D eigenvalue weighted by atomic mass is 19.1. The van der Waals surface area contributed by atoms with Gasteiger partial charge >= 0.3 is 5.97 Å². The second kappa shape index (κ2) is 9.34. The van der Waals surface area contributed by atoms with Crippen LogP contribution in [0.1, 0.15) is 33.1 Å². The molecular weight excluding hydrogens is 273 g/mol. The summed E-state index contributed by atoms with van der Waals surface area (Å²) in [6.07, 6.45) is 2.47. The van der Waals surface area contributed by atoms with Crippen molar-refractivity contribution in [2.45, 2.75) is 39.2 Å². The number of rotatable bonds is 10. The Morgan fingerprint density at radius 2 is 2.05 bits per heavy atom. The van der Waals surface area contributed by atoms with E-state index in [2.05, 4.69) is 12.2 Å². The van der Waals surface area contributed by atoms with Gasteiger partial charge in [0.2, 0.25) is 0 Å². The Morgan fingerprint density at radius 1 is 1.33 bits per heavy atom. The van der Waals surface area contributed by atoms with Crippen molar-refractivity contribution in [1.29, 1.82) is 0 Å². The molecule has 0 aliphatic heterocycles. The van der Waals surface area contributed by atoms with Gasteiger partial charge in [0.1, 0.15) is 6.61 Å². The molecule has 2 unspecified atom stereocenters. The van der Waals surface area contributed by atoms with E-state index in [-0.39, 0.29) is 23.5 Å². The van der Waals surface area contributed by atoms with Crippen LogP contribution >= 0.6 is 0 Å². The zero-order valence-corrected chi connectivity index (χ0v) is 12.6. The smallest absolute Gasteiger partial charge is 0.306 e. The lowest BCUT2D eigenvalue weighted by atomic mass is 10.0. The molecule has 0 aliphatic carbocycles. The molecule has 2 atom stereocenters. The van der Waals surface area contributed by atoms with Crippen LogP contribution in [0.25, 0.3) is 0 Å². The summed E-state index contributed by atoms with van der Waals surface area (Å²) >= 11 is 0. The molecule has 5 heteroatoms. The fourth-order valence-corrected chi connectivity index (χ4v) is 1.98. The van der Waals surface area contributed by atoms with E-state index >= 15 is 0 Å². The molecule has 4 nitrogen and oxygen atoms in total. The van der Waals surface area contributed by atoms with Crippen molar-refractivity contribution >= 4 is 5.97 Å². The number of carboxylic acids is 1. The molecule has 118 valence electrons. The van der Waals surface area contributed by atoms with E-state index in [1.165, 1.54) is 6.07 Å². The SMILES string of the molecule is CC(CCCC(C)C(=O)O)NCCOc1ccccc1F. The molecule has 0 heterocycles. The van der Waals surface area contributed by atoms with Crippen LogP contribution in [0, 0.1) is 11.7 Å². The Morgan fingerprint density at radius 3 is 2.71 bits per heavy atom. The van der Waals surface area contributed by atoms with E-state index in [4.69, 9.17) is 9.84 Å². The van der Waals surface area contributed by atoms with Crippen LogP contribution in [0.5, 0.6) is 5.75 Å². The zero-order chi connectivity index (χ0) is 15.7. The van der Waals surface area contributed by atoms with Crippen molar-refractivity contribution in [3.05, 3.63) is 30.1 Å². The number of carboxylic acid groups (broad SMARTS) is 1. The van der Waals surface area contributed by atoms with Gasteiger partial charge in [-0.1, -0.05) is 25.5 Å². The minimum atomic E-state index is -0.742. The van der Waals surface area contributed by atoms with Crippen LogP contribution in [0.4, 0.5) is 4.39 Å². The van der Waals surface area contributed by atoms with E-state index in [9.17, 15) is 9.18 Å². The van der Waals surface area contributed by atoms with Gasteiger partial charge in [0.15, 0.2) is 11.6 Å². The molecule has 21 heavy (non-hydrogen) atoms. The first-order valence-electron chi connectivity index (χ1n) is 7.34. The molecule has 0 aromatic heterocycles. The number of hydrogen-bond donors (Lipinski definition) is 2. The summed E-state index contributed by atoms with van der Waals surface area (Å²) in [5.74, 6) is -1.12. The molecule has 1 aromatic rings. The third-order valence-corrected chi connectivity index (χ3v) is 3.38. The highest BCUT2D eigenvalue weighted by Gasteiger charge is 2.11. The van der Waals surface area contributed by atoms with Crippen molar-refractivity contribution in [1.82, 2.24) is 5.32 Å². The maximum atomic E-state index is 13.3. The average molecular weight is 297 g/mol. The van der Waals surface area contributed by atoms with E-state index in [0.29, 0.717) is 19.6 Å². The normalized spacial score (nSPS) is 13.7. The van der Waals surface area contributed by atoms with Crippen molar-refractivity contribution in [3.8, 4) is 5.75 Å². The fourth-order valence-electron chi connectivity index (χ4n) is 1.98. The largest absolute Gasteiger partial charge is 0.489 e. The van der Waals surface area contributed by atoms with Gasteiger partial charge < -0.3 is 15.2 Å². The van der Waals surface area contributed by atoms with E-state index in [0.717, 1.165) is 12.8 Å². The number of benzene rings is 1. The number of hydrogen-bond acceptors (Lipinski definition) is 3. The molecule has 2 N–H and O–H groups in total. The van der Waals surface area contributed by atoms with Crippen LogP contribution in [-0.4, -0.2) is 30.3 Å². The number of ether oxygens (including phenoxy) is 1. The summed E-state index contributed by atoms with van der Waals surface area (Å²) in [6.45, 7) is 4.80. The maximum absolute atomic E-state index is 13.3. The second-order valence-electron chi connectivity index (χ2n) is 5.30. The maximum Gasteiger partial charge on any atom is 0.306 e. The fraction of sp³-hybridized carbons (Fsp3) is 0.562. The van der Waals surface area contributed by atoms with Gasteiger partial charge in [0.25, 0.3) is 0 Å². The molecular formula is C16H24FNO3. The predicted molar refractivity (Wildman–Crippen MR) is 80.0 cm³/mol. The van der Waals surface area contributed by atoms with Crippen molar-refractivity contribution < 1.29 is 19.0 Å². The molecule has 0 amide bonds. The van der Waals surface area contributed by atoms with Crippen LogP contribution < -0.4 is 10.1 Å². The highest BCUT2D eigenvalue weighted by Crippen LogP contribution is 2.14. The molecule has 0 saturated heterocycles.